The number of amides is 1. The maximum absolute atomic E-state index is 12.9. The summed E-state index contributed by atoms with van der Waals surface area (Å²) >= 11 is 0. The zero-order chi connectivity index (χ0) is 24.8. The van der Waals surface area contributed by atoms with Crippen molar-refractivity contribution in [2.45, 2.75) is 79.9 Å². The lowest BCUT2D eigenvalue weighted by atomic mass is 9.71. The molecule has 1 aliphatic rings. The van der Waals surface area contributed by atoms with Crippen molar-refractivity contribution in [3.63, 3.8) is 0 Å². The van der Waals surface area contributed by atoms with Crippen LogP contribution in [0.3, 0.4) is 0 Å². The monoisotopic (exact) mass is 445 g/mol. The lowest BCUT2D eigenvalue weighted by Gasteiger charge is -2.32. The lowest BCUT2D eigenvalue weighted by molar-refractivity contribution is -0.152. The molecule has 0 aromatic heterocycles. The fraction of sp³-hybridized carbons (Fsp3) is 0.565. The Hall–Kier alpha value is -3.19. The fourth-order valence-electron chi connectivity index (χ4n) is 3.62. The van der Waals surface area contributed by atoms with Gasteiger partial charge in [0.15, 0.2) is 11.6 Å². The minimum absolute atomic E-state index is 0.0528. The van der Waals surface area contributed by atoms with Crippen molar-refractivity contribution < 1.29 is 33.5 Å². The van der Waals surface area contributed by atoms with E-state index in [0.717, 1.165) is 0 Å². The van der Waals surface area contributed by atoms with Crippen LogP contribution in [0.2, 0.25) is 0 Å². The average Bonchev–Trinajstić information content (AvgIpc) is 2.67. The summed E-state index contributed by atoms with van der Waals surface area (Å²) in [5.41, 5.74) is 8.80. The van der Waals surface area contributed by atoms with Gasteiger partial charge in [-0.1, -0.05) is 13.8 Å². The van der Waals surface area contributed by atoms with Gasteiger partial charge in [0.2, 0.25) is 11.7 Å². The molecule has 0 spiro atoms. The number of nitrogens with one attached hydrogen (secondary N) is 1. The second-order valence-corrected chi connectivity index (χ2v) is 8.82. The van der Waals surface area contributed by atoms with Crippen molar-refractivity contribution in [3.05, 3.63) is 27.8 Å². The molecule has 0 fully saturated rings. The quantitative estimate of drug-likeness (QED) is 0.180. The summed E-state index contributed by atoms with van der Waals surface area (Å²) in [4.78, 5) is 64.9. The molecule has 1 unspecified atom stereocenters. The largest absolute Gasteiger partial charge is 0.461 e. The predicted octanol–water partition coefficient (Wildman–Crippen LogP) is 2.29. The van der Waals surface area contributed by atoms with Gasteiger partial charge in [-0.2, -0.15) is 4.79 Å². The Morgan fingerprint density at radius 1 is 1.06 bits per heavy atom. The maximum Gasteiger partial charge on any atom is 0.328 e. The second kappa shape index (κ2) is 10.9. The van der Waals surface area contributed by atoms with Crippen molar-refractivity contribution in [1.29, 1.82) is 0 Å². The zero-order valence-corrected chi connectivity index (χ0v) is 19.7. The van der Waals surface area contributed by atoms with Gasteiger partial charge in [0.05, 0.1) is 6.10 Å². The number of rotatable bonds is 10. The summed E-state index contributed by atoms with van der Waals surface area (Å²) in [6.45, 7) is 11.4. The van der Waals surface area contributed by atoms with Gasteiger partial charge in [-0.05, 0) is 41.0 Å². The summed E-state index contributed by atoms with van der Waals surface area (Å²) in [6, 6.07) is -1.10. The van der Waals surface area contributed by atoms with Crippen molar-refractivity contribution in [3.8, 4) is 0 Å². The first-order chi connectivity index (χ1) is 14.7. The molecule has 0 bridgehead atoms. The van der Waals surface area contributed by atoms with E-state index in [1.54, 1.807) is 48.5 Å². The number of esters is 1. The highest BCUT2D eigenvalue weighted by Gasteiger charge is 2.39. The molecule has 32 heavy (non-hydrogen) atoms. The first-order valence-electron chi connectivity index (χ1n) is 10.4. The Labute approximate surface area is 187 Å². The fourth-order valence-corrected chi connectivity index (χ4v) is 3.62. The molecular formula is C23H31N3O6. The van der Waals surface area contributed by atoms with Crippen LogP contribution >= 0.6 is 0 Å². The Bertz CT molecular complexity index is 949. The highest BCUT2D eigenvalue weighted by Crippen LogP contribution is 2.38. The first-order valence-corrected chi connectivity index (χ1v) is 10.4. The maximum atomic E-state index is 12.9. The van der Waals surface area contributed by atoms with E-state index in [4.69, 9.17) is 10.3 Å². The van der Waals surface area contributed by atoms with Crippen LogP contribution in [-0.4, -0.2) is 52.4 Å². The summed E-state index contributed by atoms with van der Waals surface area (Å²) in [6.07, 6.45) is -0.0731. The Morgan fingerprint density at radius 3 is 2.16 bits per heavy atom. The molecule has 1 rings (SSSR count). The van der Waals surface area contributed by atoms with Crippen LogP contribution in [-0.2, 0) is 28.7 Å². The normalized spacial score (nSPS) is 15.5. The number of carbonyl (C=O) groups is 5. The van der Waals surface area contributed by atoms with E-state index in [1.165, 1.54) is 0 Å². The number of hydrogen-bond acceptors (Lipinski definition) is 6. The van der Waals surface area contributed by atoms with Crippen LogP contribution in [0.15, 0.2) is 22.3 Å². The molecule has 0 aliphatic heterocycles. The van der Waals surface area contributed by atoms with E-state index >= 15 is 0 Å². The summed E-state index contributed by atoms with van der Waals surface area (Å²) in [5, 5.41) is 2.57. The van der Waals surface area contributed by atoms with E-state index < -0.39 is 35.2 Å². The number of carbonyl (C=O) groups excluding carboxylic acids is 5. The molecule has 1 aliphatic carbocycles. The van der Waals surface area contributed by atoms with Crippen molar-refractivity contribution in [2.24, 2.45) is 5.41 Å². The van der Waals surface area contributed by atoms with Crippen LogP contribution in [0.5, 0.6) is 0 Å². The molecule has 0 radical (unpaired) electrons. The molecular weight excluding hydrogens is 414 g/mol. The molecule has 1 N–H and O–H groups in total. The topological polar surface area (TPSA) is 143 Å². The van der Waals surface area contributed by atoms with E-state index in [2.05, 4.69) is 10.1 Å². The molecule has 0 saturated carbocycles. The van der Waals surface area contributed by atoms with Crippen LogP contribution in [0.25, 0.3) is 5.53 Å². The highest BCUT2D eigenvalue weighted by atomic mass is 16.5. The number of ether oxygens (including phenoxy) is 1. The van der Waals surface area contributed by atoms with Crippen LogP contribution < -0.4 is 5.32 Å². The summed E-state index contributed by atoms with van der Waals surface area (Å²) in [7, 11) is 0. The van der Waals surface area contributed by atoms with E-state index in [1.807, 2.05) is 0 Å². The molecule has 9 nitrogen and oxygen atoms in total. The number of Topliss-reactive ketones (excluding diaryl/α,β-unsaturated/α-hetero) is 3. The Balaban J connectivity index is 3.06. The number of allylic oxidation sites excluding steroid dienone is 4. The standard InChI is InChI=1S/C23H31N3O6/c1-12(2)32-22(31)17(9-8-16(27)11-25-24)26-18(28)10-23(6,7)19-15(5)20(29)13(3)14(4)21(19)30/h11-12,17H,8-10H2,1-7H3,(H,26,28). The van der Waals surface area contributed by atoms with Gasteiger partial charge in [0, 0.05) is 40.5 Å². The van der Waals surface area contributed by atoms with Crippen LogP contribution in [0.4, 0.5) is 0 Å². The van der Waals surface area contributed by atoms with E-state index in [0.29, 0.717) is 22.9 Å². The number of ketones is 3. The number of nitrogens with zero attached hydrogens (tertiary/aromatic N) is 2. The van der Waals surface area contributed by atoms with Gasteiger partial charge in [-0.15, -0.1) is 0 Å². The van der Waals surface area contributed by atoms with Gasteiger partial charge in [-0.25, -0.2) is 4.79 Å². The first kappa shape index (κ1) is 26.8. The van der Waals surface area contributed by atoms with Crippen LogP contribution in [0.1, 0.15) is 67.7 Å². The van der Waals surface area contributed by atoms with Crippen molar-refractivity contribution >= 4 is 35.4 Å². The van der Waals surface area contributed by atoms with Crippen LogP contribution in [0, 0.1) is 5.41 Å². The van der Waals surface area contributed by atoms with Gasteiger partial charge >= 0.3 is 12.2 Å². The Morgan fingerprint density at radius 2 is 1.62 bits per heavy atom. The minimum atomic E-state index is -1.10. The molecule has 0 aromatic carbocycles. The van der Waals surface area contributed by atoms with Gasteiger partial charge in [-0.3, -0.25) is 19.2 Å². The lowest BCUT2D eigenvalue weighted by Crippen LogP contribution is -2.44. The third-order valence-corrected chi connectivity index (χ3v) is 5.32. The minimum Gasteiger partial charge on any atom is -0.461 e. The zero-order valence-electron chi connectivity index (χ0n) is 19.7. The van der Waals surface area contributed by atoms with Gasteiger partial charge in [0.1, 0.15) is 6.04 Å². The van der Waals surface area contributed by atoms with E-state index in [-0.39, 0.29) is 36.4 Å². The summed E-state index contributed by atoms with van der Waals surface area (Å²) < 4.78 is 5.16. The third-order valence-electron chi connectivity index (χ3n) is 5.32. The van der Waals surface area contributed by atoms with Crippen molar-refractivity contribution in [2.75, 3.05) is 0 Å². The summed E-state index contributed by atoms with van der Waals surface area (Å²) in [5.74, 6) is -2.26. The molecule has 9 heteroatoms. The molecule has 0 aromatic rings. The molecule has 0 saturated heterocycles. The van der Waals surface area contributed by atoms with E-state index in [9.17, 15) is 24.0 Å². The molecule has 174 valence electrons. The van der Waals surface area contributed by atoms with Gasteiger partial charge in [0.25, 0.3) is 0 Å². The second-order valence-electron chi connectivity index (χ2n) is 8.82. The highest BCUT2D eigenvalue weighted by molar-refractivity contribution is 6.25. The molecule has 1 atom stereocenters. The molecule has 0 heterocycles. The SMILES string of the molecule is CC1=C(C)C(=O)C(C(C)(C)CC(=O)NC(CCC(=O)C=[N+]=[N-])C(=O)OC(C)C)=C(C)C1=O. The smallest absolute Gasteiger partial charge is 0.328 e. The average molecular weight is 446 g/mol. The van der Waals surface area contributed by atoms with Gasteiger partial charge < -0.3 is 15.6 Å². The number of hydrogen-bond donors (Lipinski definition) is 1. The molecule has 1 amide bonds. The Kier molecular flexibility index (Phi) is 9.15. The predicted molar refractivity (Wildman–Crippen MR) is 117 cm³/mol. The van der Waals surface area contributed by atoms with Crippen molar-refractivity contribution in [1.82, 2.24) is 5.32 Å². The third kappa shape index (κ3) is 6.65.